The van der Waals surface area contributed by atoms with Crippen LogP contribution >= 0.6 is 27.5 Å². The number of pyridine rings is 1. The van der Waals surface area contributed by atoms with Crippen molar-refractivity contribution in [2.45, 2.75) is 19.8 Å². The molecule has 0 radical (unpaired) electrons. The van der Waals surface area contributed by atoms with Crippen LogP contribution in [0, 0.1) is 24.2 Å². The van der Waals surface area contributed by atoms with E-state index in [1.54, 1.807) is 31.2 Å². The molecular formula is C23H18BrClN4O4S. The van der Waals surface area contributed by atoms with Crippen LogP contribution < -0.4 is 0 Å². The molecule has 0 amide bonds. The van der Waals surface area contributed by atoms with Gasteiger partial charge in [-0.1, -0.05) is 11.6 Å². The second kappa shape index (κ2) is 9.41. The highest BCUT2D eigenvalue weighted by Gasteiger charge is 2.35. The molecule has 3 aromatic rings. The fraction of sp³-hybridized carbons (Fsp3) is 0.261. The van der Waals surface area contributed by atoms with Gasteiger partial charge in [0, 0.05) is 30.7 Å². The molecule has 0 spiro atoms. The Hall–Kier alpha value is -2.87. The molecule has 4 rings (SSSR count). The maximum Gasteiger partial charge on any atom is 0.185 e. The van der Waals surface area contributed by atoms with Crippen LogP contribution in [0.3, 0.4) is 0 Å². The van der Waals surface area contributed by atoms with Crippen LogP contribution in [0.25, 0.3) is 5.82 Å². The molecule has 1 aromatic carbocycles. The first-order valence-electron chi connectivity index (χ1n) is 10.2. The molecule has 1 aliphatic heterocycles. The van der Waals surface area contributed by atoms with E-state index in [4.69, 9.17) is 11.6 Å². The van der Waals surface area contributed by atoms with Crippen LogP contribution in [0.1, 0.15) is 44.0 Å². The topological polar surface area (TPSA) is 123 Å². The lowest BCUT2D eigenvalue weighted by Crippen LogP contribution is -2.37. The van der Waals surface area contributed by atoms with E-state index < -0.39 is 9.84 Å². The van der Waals surface area contributed by atoms with Crippen molar-refractivity contribution in [1.29, 1.82) is 5.26 Å². The molecule has 0 bridgehead atoms. The number of nitrogens with zero attached hydrogens (tertiary/aromatic N) is 4. The molecule has 0 N–H and O–H groups in total. The van der Waals surface area contributed by atoms with Crippen molar-refractivity contribution in [1.82, 2.24) is 14.8 Å². The van der Waals surface area contributed by atoms with Gasteiger partial charge in [-0.05, 0) is 64.2 Å². The maximum absolute atomic E-state index is 13.4. The molecule has 1 aliphatic rings. The van der Waals surface area contributed by atoms with Gasteiger partial charge >= 0.3 is 0 Å². The van der Waals surface area contributed by atoms with Crippen molar-refractivity contribution in [3.63, 3.8) is 0 Å². The summed E-state index contributed by atoms with van der Waals surface area (Å²) in [6.45, 7) is 1.73. The van der Waals surface area contributed by atoms with Gasteiger partial charge < -0.3 is 0 Å². The van der Waals surface area contributed by atoms with E-state index in [2.05, 4.69) is 26.0 Å². The first kappa shape index (κ1) is 24.3. The maximum atomic E-state index is 13.4. The van der Waals surface area contributed by atoms with Gasteiger partial charge in [-0.15, -0.1) is 0 Å². The Morgan fingerprint density at radius 1 is 1.26 bits per heavy atom. The van der Waals surface area contributed by atoms with E-state index >= 15 is 0 Å². The molecule has 1 fully saturated rings. The number of carbonyl (C=O) groups excluding carboxylic acids is 2. The van der Waals surface area contributed by atoms with Gasteiger partial charge in [0.25, 0.3) is 0 Å². The summed E-state index contributed by atoms with van der Waals surface area (Å²) in [5.41, 5.74) is 1.89. The SMILES string of the molecule is Cc1cc(C#N)cc(C(=O)CC2CS(=O)(=O)C2)c1CC(=O)c1cc(Br)nn1-c1ncccc1Cl. The molecule has 8 nitrogen and oxygen atoms in total. The summed E-state index contributed by atoms with van der Waals surface area (Å²) >= 11 is 9.54. The number of aromatic nitrogens is 3. The van der Waals surface area contributed by atoms with Crippen molar-refractivity contribution in [2.24, 2.45) is 5.92 Å². The Balaban J connectivity index is 1.68. The summed E-state index contributed by atoms with van der Waals surface area (Å²) in [6, 6.07) is 9.97. The van der Waals surface area contributed by atoms with Crippen molar-refractivity contribution in [3.05, 3.63) is 74.1 Å². The molecule has 34 heavy (non-hydrogen) atoms. The van der Waals surface area contributed by atoms with Gasteiger partial charge in [0.2, 0.25) is 0 Å². The van der Waals surface area contributed by atoms with Crippen molar-refractivity contribution < 1.29 is 18.0 Å². The van der Waals surface area contributed by atoms with Gasteiger partial charge in [0.05, 0.1) is 28.2 Å². The van der Waals surface area contributed by atoms with E-state index in [1.165, 1.54) is 16.9 Å². The standard InChI is InChI=1S/C23H18BrClN4O4S/c1-13-5-14(10-26)6-17(20(30)7-15-11-34(32,33)12-15)16(13)8-21(31)19-9-22(24)28-29(19)23-18(25)3-2-4-27-23/h2-6,9,15H,7-8,11-12H2,1H3. The number of hydrogen-bond acceptors (Lipinski definition) is 7. The number of benzene rings is 1. The number of halogens is 2. The minimum atomic E-state index is -3.07. The number of ketones is 2. The van der Waals surface area contributed by atoms with Crippen molar-refractivity contribution >= 4 is 48.9 Å². The quantitative estimate of drug-likeness (QED) is 0.401. The van der Waals surface area contributed by atoms with Crippen molar-refractivity contribution in [3.8, 4) is 11.9 Å². The molecule has 3 heterocycles. The van der Waals surface area contributed by atoms with Crippen LogP contribution in [0.2, 0.25) is 5.02 Å². The molecule has 0 atom stereocenters. The van der Waals surface area contributed by atoms with Crippen LogP contribution in [0.15, 0.2) is 41.1 Å². The predicted octanol–water partition coefficient (Wildman–Crippen LogP) is 3.91. The minimum absolute atomic E-state index is 0.0258. The Morgan fingerprint density at radius 3 is 2.65 bits per heavy atom. The predicted molar refractivity (Wildman–Crippen MR) is 129 cm³/mol. The molecule has 0 unspecified atom stereocenters. The van der Waals surface area contributed by atoms with Crippen LogP contribution in [-0.2, 0) is 16.3 Å². The average Bonchev–Trinajstić information content (AvgIpc) is 3.15. The van der Waals surface area contributed by atoms with E-state index in [-0.39, 0.29) is 58.9 Å². The fourth-order valence-electron chi connectivity index (χ4n) is 4.02. The number of rotatable bonds is 7. The molecular weight excluding hydrogens is 544 g/mol. The second-order valence-electron chi connectivity index (χ2n) is 8.17. The molecule has 174 valence electrons. The molecule has 2 aromatic heterocycles. The van der Waals surface area contributed by atoms with Crippen molar-refractivity contribution in [2.75, 3.05) is 11.5 Å². The monoisotopic (exact) mass is 560 g/mol. The second-order valence-corrected chi connectivity index (χ2v) is 11.5. The lowest BCUT2D eigenvalue weighted by atomic mass is 9.89. The largest absolute Gasteiger partial charge is 0.294 e. The van der Waals surface area contributed by atoms with E-state index in [9.17, 15) is 23.3 Å². The zero-order valence-corrected chi connectivity index (χ0v) is 21.1. The molecule has 1 saturated heterocycles. The first-order valence-corrected chi connectivity index (χ1v) is 13.2. The number of Topliss-reactive ketones (excluding diaryl/α,β-unsaturated/α-hetero) is 2. The van der Waals surface area contributed by atoms with Crippen LogP contribution in [0.4, 0.5) is 0 Å². The third-order valence-corrected chi connectivity index (χ3v) is 8.24. The highest BCUT2D eigenvalue weighted by Crippen LogP contribution is 2.28. The van der Waals surface area contributed by atoms with Gasteiger partial charge in [-0.25, -0.2) is 18.1 Å². The smallest absolute Gasteiger partial charge is 0.185 e. The summed E-state index contributed by atoms with van der Waals surface area (Å²) < 4.78 is 24.7. The third kappa shape index (κ3) is 4.97. The summed E-state index contributed by atoms with van der Waals surface area (Å²) in [5.74, 6) is -0.629. The Morgan fingerprint density at radius 2 is 2.00 bits per heavy atom. The van der Waals surface area contributed by atoms with E-state index in [0.29, 0.717) is 26.3 Å². The third-order valence-electron chi connectivity index (χ3n) is 5.60. The Labute approximate surface area is 209 Å². The fourth-order valence-corrected chi connectivity index (χ4v) is 6.17. The van der Waals surface area contributed by atoms with Gasteiger partial charge in [-0.3, -0.25) is 9.59 Å². The zero-order chi connectivity index (χ0) is 24.6. The first-order chi connectivity index (χ1) is 16.1. The number of aryl methyl sites for hydroxylation is 1. The van der Waals surface area contributed by atoms with Gasteiger partial charge in [0.1, 0.15) is 10.3 Å². The Kier molecular flexibility index (Phi) is 6.71. The van der Waals surface area contributed by atoms with E-state index in [0.717, 1.165) is 0 Å². The lowest BCUT2D eigenvalue weighted by molar-refractivity contribution is 0.0965. The Bertz CT molecular complexity index is 1460. The van der Waals surface area contributed by atoms with E-state index in [1.807, 2.05) is 6.07 Å². The number of carbonyl (C=O) groups is 2. The summed E-state index contributed by atoms with van der Waals surface area (Å²) in [7, 11) is -3.07. The molecule has 11 heteroatoms. The summed E-state index contributed by atoms with van der Waals surface area (Å²) in [4.78, 5) is 30.7. The molecule has 0 aliphatic carbocycles. The average molecular weight is 562 g/mol. The zero-order valence-electron chi connectivity index (χ0n) is 18.0. The highest BCUT2D eigenvalue weighted by atomic mass is 79.9. The normalized spacial score (nSPS) is 14.9. The van der Waals surface area contributed by atoms with Gasteiger partial charge in [-0.2, -0.15) is 10.4 Å². The molecule has 0 saturated carbocycles. The summed E-state index contributed by atoms with van der Waals surface area (Å²) in [6.07, 6.45) is 1.46. The van der Waals surface area contributed by atoms with Crippen LogP contribution in [0.5, 0.6) is 0 Å². The van der Waals surface area contributed by atoms with Gasteiger partial charge in [0.15, 0.2) is 27.2 Å². The van der Waals surface area contributed by atoms with Crippen LogP contribution in [-0.4, -0.2) is 46.3 Å². The highest BCUT2D eigenvalue weighted by molar-refractivity contribution is 9.10. The summed E-state index contributed by atoms with van der Waals surface area (Å²) in [5, 5.41) is 14.0. The minimum Gasteiger partial charge on any atom is -0.294 e. The lowest BCUT2D eigenvalue weighted by Gasteiger charge is -2.25. The number of hydrogen-bond donors (Lipinski definition) is 0. The number of sulfone groups is 1. The number of nitriles is 1.